The van der Waals surface area contributed by atoms with Gasteiger partial charge in [0.25, 0.3) is 11.6 Å². The van der Waals surface area contributed by atoms with Gasteiger partial charge in [-0.25, -0.2) is 0 Å². The molecule has 6 heteroatoms. The van der Waals surface area contributed by atoms with E-state index in [9.17, 15) is 14.9 Å². The van der Waals surface area contributed by atoms with E-state index in [0.717, 1.165) is 5.56 Å². The van der Waals surface area contributed by atoms with E-state index in [1.807, 2.05) is 60.7 Å². The molecule has 0 saturated heterocycles. The highest BCUT2D eigenvalue weighted by Gasteiger charge is 2.37. The molecule has 1 aliphatic heterocycles. The standard InChI is InChI=1S/C23H18N2O4/c1-16-21(17-8-4-2-5-9-17)22(26)24(19-10-6-3-7-11-19)23(29-16)18-12-14-20(15-13-18)25(27)28/h2-15,23H,1H3/t23-/m0/s1. The molecule has 1 atom stereocenters. The number of amides is 1. The second-order valence-corrected chi connectivity index (χ2v) is 6.63. The van der Waals surface area contributed by atoms with Crippen LogP contribution in [-0.4, -0.2) is 10.8 Å². The van der Waals surface area contributed by atoms with Crippen LogP contribution in [-0.2, 0) is 9.53 Å². The summed E-state index contributed by atoms with van der Waals surface area (Å²) in [4.78, 5) is 25.7. The summed E-state index contributed by atoms with van der Waals surface area (Å²) >= 11 is 0. The highest BCUT2D eigenvalue weighted by Crippen LogP contribution is 2.39. The predicted molar refractivity (Wildman–Crippen MR) is 110 cm³/mol. The lowest BCUT2D eigenvalue weighted by Crippen LogP contribution is -2.40. The maximum Gasteiger partial charge on any atom is 0.269 e. The number of carbonyl (C=O) groups is 1. The second kappa shape index (κ2) is 7.59. The maximum absolute atomic E-state index is 13.6. The molecule has 1 heterocycles. The molecule has 0 bridgehead atoms. The topological polar surface area (TPSA) is 72.7 Å². The number of para-hydroxylation sites is 1. The summed E-state index contributed by atoms with van der Waals surface area (Å²) in [7, 11) is 0. The number of nitro benzene ring substituents is 1. The maximum atomic E-state index is 13.6. The third kappa shape index (κ3) is 3.48. The number of hydrogen-bond donors (Lipinski definition) is 0. The average molecular weight is 386 g/mol. The minimum absolute atomic E-state index is 0.0145. The van der Waals surface area contributed by atoms with Gasteiger partial charge in [0.1, 0.15) is 5.76 Å². The summed E-state index contributed by atoms with van der Waals surface area (Å²) in [6.07, 6.45) is -0.724. The average Bonchev–Trinajstić information content (AvgIpc) is 2.75. The smallest absolute Gasteiger partial charge is 0.269 e. The van der Waals surface area contributed by atoms with Crippen molar-refractivity contribution in [2.75, 3.05) is 4.90 Å². The Kier molecular flexibility index (Phi) is 4.83. The highest BCUT2D eigenvalue weighted by molar-refractivity contribution is 6.27. The molecule has 0 saturated carbocycles. The van der Waals surface area contributed by atoms with E-state index in [1.165, 1.54) is 12.1 Å². The molecule has 4 rings (SSSR count). The molecule has 0 radical (unpaired) electrons. The van der Waals surface area contributed by atoms with Crippen LogP contribution >= 0.6 is 0 Å². The number of hydrogen-bond acceptors (Lipinski definition) is 4. The normalized spacial score (nSPS) is 16.5. The quantitative estimate of drug-likeness (QED) is 0.463. The predicted octanol–water partition coefficient (Wildman–Crippen LogP) is 5.09. The minimum Gasteiger partial charge on any atom is -0.470 e. The fourth-order valence-electron chi connectivity index (χ4n) is 3.41. The van der Waals surface area contributed by atoms with E-state index in [-0.39, 0.29) is 11.6 Å². The lowest BCUT2D eigenvalue weighted by atomic mass is 10.00. The number of ether oxygens (including phenoxy) is 1. The molecule has 0 aliphatic carbocycles. The Morgan fingerprint density at radius 2 is 1.48 bits per heavy atom. The van der Waals surface area contributed by atoms with Crippen LogP contribution in [0.3, 0.4) is 0 Å². The number of allylic oxidation sites excluding steroid dienone is 1. The minimum atomic E-state index is -0.724. The molecule has 1 aliphatic rings. The lowest BCUT2D eigenvalue weighted by Gasteiger charge is -2.37. The van der Waals surface area contributed by atoms with Gasteiger partial charge >= 0.3 is 0 Å². The third-order valence-corrected chi connectivity index (χ3v) is 4.79. The molecule has 0 N–H and O–H groups in total. The van der Waals surface area contributed by atoms with Gasteiger partial charge in [0.2, 0.25) is 6.23 Å². The van der Waals surface area contributed by atoms with Crippen LogP contribution < -0.4 is 4.90 Å². The number of anilines is 1. The van der Waals surface area contributed by atoms with Crippen LogP contribution in [0.1, 0.15) is 24.3 Å². The van der Waals surface area contributed by atoms with E-state index in [2.05, 4.69) is 0 Å². The van der Waals surface area contributed by atoms with Crippen molar-refractivity contribution in [2.45, 2.75) is 13.2 Å². The van der Waals surface area contributed by atoms with Crippen molar-refractivity contribution in [1.82, 2.24) is 0 Å². The number of nitrogens with zero attached hydrogens (tertiary/aromatic N) is 2. The molecule has 6 nitrogen and oxygen atoms in total. The Bertz CT molecular complexity index is 1080. The number of non-ortho nitro benzene ring substituents is 1. The molecule has 144 valence electrons. The first-order valence-electron chi connectivity index (χ1n) is 9.12. The third-order valence-electron chi connectivity index (χ3n) is 4.79. The van der Waals surface area contributed by atoms with Crippen molar-refractivity contribution < 1.29 is 14.5 Å². The first kappa shape index (κ1) is 18.4. The van der Waals surface area contributed by atoms with Crippen LogP contribution in [0.25, 0.3) is 5.57 Å². The van der Waals surface area contributed by atoms with Crippen LogP contribution in [0.4, 0.5) is 11.4 Å². The molecule has 0 spiro atoms. The van der Waals surface area contributed by atoms with Crippen LogP contribution in [0.5, 0.6) is 0 Å². The summed E-state index contributed by atoms with van der Waals surface area (Å²) in [6.45, 7) is 1.76. The largest absolute Gasteiger partial charge is 0.470 e. The summed E-state index contributed by atoms with van der Waals surface area (Å²) < 4.78 is 6.19. The van der Waals surface area contributed by atoms with Gasteiger partial charge in [-0.3, -0.25) is 19.8 Å². The summed E-state index contributed by atoms with van der Waals surface area (Å²) in [5.41, 5.74) is 2.59. The van der Waals surface area contributed by atoms with E-state index in [4.69, 9.17) is 4.74 Å². The molecule has 29 heavy (non-hydrogen) atoms. The Morgan fingerprint density at radius 1 is 0.897 bits per heavy atom. The summed E-state index contributed by atoms with van der Waals surface area (Å²) in [5, 5.41) is 11.0. The Balaban J connectivity index is 1.82. The molecular formula is C23H18N2O4. The molecule has 1 amide bonds. The van der Waals surface area contributed by atoms with Crippen molar-refractivity contribution in [3.63, 3.8) is 0 Å². The number of rotatable bonds is 4. The summed E-state index contributed by atoms with van der Waals surface area (Å²) in [5.74, 6) is 0.325. The monoisotopic (exact) mass is 386 g/mol. The summed E-state index contributed by atoms with van der Waals surface area (Å²) in [6, 6.07) is 24.7. The van der Waals surface area contributed by atoms with Crippen molar-refractivity contribution in [3.8, 4) is 0 Å². The Morgan fingerprint density at radius 3 is 2.07 bits per heavy atom. The number of benzene rings is 3. The highest BCUT2D eigenvalue weighted by atomic mass is 16.6. The van der Waals surface area contributed by atoms with Gasteiger partial charge in [-0.05, 0) is 36.8 Å². The second-order valence-electron chi connectivity index (χ2n) is 6.63. The van der Waals surface area contributed by atoms with Crippen LogP contribution in [0.2, 0.25) is 0 Å². The fraction of sp³-hybridized carbons (Fsp3) is 0.0870. The Hall–Kier alpha value is -3.93. The zero-order chi connectivity index (χ0) is 20.4. The van der Waals surface area contributed by atoms with E-state index in [1.54, 1.807) is 24.0 Å². The van der Waals surface area contributed by atoms with Crippen LogP contribution in [0.15, 0.2) is 90.7 Å². The van der Waals surface area contributed by atoms with Crippen molar-refractivity contribution in [1.29, 1.82) is 0 Å². The van der Waals surface area contributed by atoms with Gasteiger partial charge in [0.15, 0.2) is 0 Å². The van der Waals surface area contributed by atoms with E-state index in [0.29, 0.717) is 22.6 Å². The van der Waals surface area contributed by atoms with Gasteiger partial charge < -0.3 is 4.74 Å². The van der Waals surface area contributed by atoms with Gasteiger partial charge in [-0.1, -0.05) is 48.5 Å². The first-order chi connectivity index (χ1) is 14.1. The van der Waals surface area contributed by atoms with Gasteiger partial charge in [-0.2, -0.15) is 0 Å². The fourth-order valence-corrected chi connectivity index (χ4v) is 3.41. The number of nitro groups is 1. The van der Waals surface area contributed by atoms with Crippen molar-refractivity contribution in [3.05, 3.63) is 112 Å². The van der Waals surface area contributed by atoms with Gasteiger partial charge in [-0.15, -0.1) is 0 Å². The first-order valence-corrected chi connectivity index (χ1v) is 9.12. The molecule has 3 aromatic rings. The van der Waals surface area contributed by atoms with Gasteiger partial charge in [0.05, 0.1) is 10.5 Å². The molecule has 0 unspecified atom stereocenters. The van der Waals surface area contributed by atoms with Crippen molar-refractivity contribution >= 4 is 22.9 Å². The lowest BCUT2D eigenvalue weighted by molar-refractivity contribution is -0.384. The molecular weight excluding hydrogens is 368 g/mol. The zero-order valence-corrected chi connectivity index (χ0v) is 15.7. The molecule has 3 aromatic carbocycles. The molecule has 0 aromatic heterocycles. The van der Waals surface area contributed by atoms with E-state index >= 15 is 0 Å². The molecule has 0 fully saturated rings. The Labute approximate surface area is 167 Å². The van der Waals surface area contributed by atoms with Crippen LogP contribution in [0, 0.1) is 10.1 Å². The zero-order valence-electron chi connectivity index (χ0n) is 15.7. The van der Waals surface area contributed by atoms with Crippen molar-refractivity contribution in [2.24, 2.45) is 0 Å². The number of carbonyl (C=O) groups excluding carboxylic acids is 1. The SMILES string of the molecule is CC1=C(c2ccccc2)C(=O)N(c2ccccc2)[C@H](c2ccc([N+](=O)[O-])cc2)O1. The van der Waals surface area contributed by atoms with Gasteiger partial charge in [0, 0.05) is 23.4 Å². The van der Waals surface area contributed by atoms with E-state index < -0.39 is 11.2 Å².